The van der Waals surface area contributed by atoms with Gasteiger partial charge in [0.25, 0.3) is 0 Å². The highest BCUT2D eigenvalue weighted by Crippen LogP contribution is 2.34. The van der Waals surface area contributed by atoms with Gasteiger partial charge in [-0.05, 0) is 66.6 Å². The number of rotatable bonds is 5. The van der Waals surface area contributed by atoms with Gasteiger partial charge in [-0.2, -0.15) is 0 Å². The zero-order valence-corrected chi connectivity index (χ0v) is 13.9. The highest BCUT2D eigenvalue weighted by atomic mass is 32.1. The third kappa shape index (κ3) is 3.67. The molecule has 3 rings (SSSR count). The van der Waals surface area contributed by atoms with Crippen molar-refractivity contribution in [2.75, 3.05) is 13.1 Å². The minimum absolute atomic E-state index is 0.865. The molecule has 1 aliphatic rings. The molecule has 0 radical (unpaired) electrons. The molecule has 2 atom stereocenters. The van der Waals surface area contributed by atoms with Crippen molar-refractivity contribution in [1.82, 2.24) is 5.32 Å². The molecular formula is C19H27NS. The lowest BCUT2D eigenvalue weighted by Crippen LogP contribution is -2.28. The number of hydrogen-bond donors (Lipinski definition) is 1. The van der Waals surface area contributed by atoms with Crippen LogP contribution in [-0.2, 0) is 6.42 Å². The van der Waals surface area contributed by atoms with Crippen molar-refractivity contribution in [3.05, 3.63) is 35.2 Å². The Morgan fingerprint density at radius 2 is 1.90 bits per heavy atom. The molecule has 114 valence electrons. The molecule has 0 bridgehead atoms. The lowest BCUT2D eigenvalue weighted by atomic mass is 9.83. The molecule has 0 spiro atoms. The van der Waals surface area contributed by atoms with E-state index in [9.17, 15) is 0 Å². The van der Waals surface area contributed by atoms with Gasteiger partial charge in [0, 0.05) is 4.70 Å². The third-order valence-corrected chi connectivity index (χ3v) is 6.03. The van der Waals surface area contributed by atoms with Crippen LogP contribution >= 0.6 is 11.3 Å². The van der Waals surface area contributed by atoms with Gasteiger partial charge in [-0.1, -0.05) is 44.4 Å². The number of benzene rings is 1. The van der Waals surface area contributed by atoms with Crippen molar-refractivity contribution in [2.24, 2.45) is 11.8 Å². The van der Waals surface area contributed by atoms with Crippen LogP contribution in [0.4, 0.5) is 0 Å². The van der Waals surface area contributed by atoms with Gasteiger partial charge in [-0.3, -0.25) is 0 Å². The van der Waals surface area contributed by atoms with Crippen LogP contribution in [0.2, 0.25) is 0 Å². The van der Waals surface area contributed by atoms with Crippen LogP contribution in [0.15, 0.2) is 29.6 Å². The molecule has 2 aromatic rings. The molecule has 2 unspecified atom stereocenters. The Kier molecular flexibility index (Phi) is 5.32. The Morgan fingerprint density at radius 1 is 1.10 bits per heavy atom. The van der Waals surface area contributed by atoms with E-state index in [0.717, 1.165) is 18.4 Å². The van der Waals surface area contributed by atoms with Crippen LogP contribution in [0.3, 0.4) is 0 Å². The fourth-order valence-electron chi connectivity index (χ4n) is 3.80. The van der Waals surface area contributed by atoms with E-state index in [4.69, 9.17) is 0 Å². The van der Waals surface area contributed by atoms with Gasteiger partial charge < -0.3 is 5.32 Å². The van der Waals surface area contributed by atoms with Crippen LogP contribution in [0.25, 0.3) is 10.1 Å². The summed E-state index contributed by atoms with van der Waals surface area (Å²) in [6.07, 6.45) is 8.40. The molecule has 1 aliphatic carbocycles. The van der Waals surface area contributed by atoms with Crippen LogP contribution < -0.4 is 5.32 Å². The van der Waals surface area contributed by atoms with Crippen molar-refractivity contribution < 1.29 is 0 Å². The number of fused-ring (bicyclic) bond motifs is 1. The summed E-state index contributed by atoms with van der Waals surface area (Å²) >= 11 is 1.91. The molecule has 0 saturated heterocycles. The molecule has 1 aromatic carbocycles. The summed E-state index contributed by atoms with van der Waals surface area (Å²) in [5.41, 5.74) is 1.59. The van der Waals surface area contributed by atoms with E-state index >= 15 is 0 Å². The van der Waals surface area contributed by atoms with Crippen molar-refractivity contribution >= 4 is 21.4 Å². The SMILES string of the molecule is CCNCC1CCCCCC1Cc1csc2ccccc12. The van der Waals surface area contributed by atoms with Crippen molar-refractivity contribution in [1.29, 1.82) is 0 Å². The molecule has 1 saturated carbocycles. The summed E-state index contributed by atoms with van der Waals surface area (Å²) in [6, 6.07) is 8.90. The third-order valence-electron chi connectivity index (χ3n) is 5.02. The maximum atomic E-state index is 3.60. The van der Waals surface area contributed by atoms with Gasteiger partial charge in [0.15, 0.2) is 0 Å². The molecule has 1 aromatic heterocycles. The highest BCUT2D eigenvalue weighted by Gasteiger charge is 2.24. The van der Waals surface area contributed by atoms with Crippen molar-refractivity contribution in [3.63, 3.8) is 0 Å². The lowest BCUT2D eigenvalue weighted by Gasteiger charge is -2.25. The molecule has 21 heavy (non-hydrogen) atoms. The number of thiophene rings is 1. The molecule has 1 heterocycles. The van der Waals surface area contributed by atoms with Crippen molar-refractivity contribution in [2.45, 2.75) is 45.4 Å². The van der Waals surface area contributed by atoms with Gasteiger partial charge in [-0.15, -0.1) is 11.3 Å². The summed E-state index contributed by atoms with van der Waals surface area (Å²) < 4.78 is 1.45. The lowest BCUT2D eigenvalue weighted by molar-refractivity contribution is 0.300. The first-order valence-corrected chi connectivity index (χ1v) is 9.42. The Morgan fingerprint density at radius 3 is 2.76 bits per heavy atom. The maximum absolute atomic E-state index is 3.60. The summed E-state index contributed by atoms with van der Waals surface area (Å²) in [4.78, 5) is 0. The predicted octanol–water partition coefficient (Wildman–Crippen LogP) is 5.25. The van der Waals surface area contributed by atoms with E-state index < -0.39 is 0 Å². The summed E-state index contributed by atoms with van der Waals surface area (Å²) in [5.74, 6) is 1.73. The molecule has 2 heteroatoms. The van der Waals surface area contributed by atoms with Crippen LogP contribution in [0, 0.1) is 11.8 Å². The van der Waals surface area contributed by atoms with Gasteiger partial charge in [0.2, 0.25) is 0 Å². The van der Waals surface area contributed by atoms with Crippen LogP contribution in [0.1, 0.15) is 44.6 Å². The second-order valence-electron chi connectivity index (χ2n) is 6.43. The first-order chi connectivity index (χ1) is 10.4. The normalized spacial score (nSPS) is 23.3. The minimum atomic E-state index is 0.865. The molecular weight excluding hydrogens is 274 g/mol. The summed E-state index contributed by atoms with van der Waals surface area (Å²) in [6.45, 7) is 4.53. The maximum Gasteiger partial charge on any atom is 0.0345 e. The molecule has 1 nitrogen and oxygen atoms in total. The number of hydrogen-bond acceptors (Lipinski definition) is 2. The average Bonchev–Trinajstić information content (AvgIpc) is 2.78. The minimum Gasteiger partial charge on any atom is -0.317 e. The van der Waals surface area contributed by atoms with E-state index in [1.54, 1.807) is 5.56 Å². The Balaban J connectivity index is 1.76. The van der Waals surface area contributed by atoms with Crippen LogP contribution in [0.5, 0.6) is 0 Å². The van der Waals surface area contributed by atoms with Gasteiger partial charge in [-0.25, -0.2) is 0 Å². The zero-order valence-electron chi connectivity index (χ0n) is 13.1. The van der Waals surface area contributed by atoms with Crippen LogP contribution in [-0.4, -0.2) is 13.1 Å². The largest absolute Gasteiger partial charge is 0.317 e. The second-order valence-corrected chi connectivity index (χ2v) is 7.34. The number of nitrogens with one attached hydrogen (secondary N) is 1. The monoisotopic (exact) mass is 301 g/mol. The van der Waals surface area contributed by atoms with Gasteiger partial charge >= 0.3 is 0 Å². The van der Waals surface area contributed by atoms with E-state index in [-0.39, 0.29) is 0 Å². The average molecular weight is 301 g/mol. The first-order valence-electron chi connectivity index (χ1n) is 8.54. The quantitative estimate of drug-likeness (QED) is 0.744. The molecule has 1 fully saturated rings. The van der Waals surface area contributed by atoms with Gasteiger partial charge in [0.05, 0.1) is 0 Å². The Labute approximate surface area is 132 Å². The topological polar surface area (TPSA) is 12.0 Å². The molecule has 0 amide bonds. The second kappa shape index (κ2) is 7.42. The Hall–Kier alpha value is -0.860. The van der Waals surface area contributed by atoms with E-state index in [0.29, 0.717) is 0 Å². The molecule has 1 N–H and O–H groups in total. The van der Waals surface area contributed by atoms with E-state index in [1.807, 2.05) is 11.3 Å². The van der Waals surface area contributed by atoms with Crippen molar-refractivity contribution in [3.8, 4) is 0 Å². The zero-order chi connectivity index (χ0) is 14.5. The molecule has 0 aliphatic heterocycles. The summed E-state index contributed by atoms with van der Waals surface area (Å²) in [5, 5.41) is 7.49. The fourth-order valence-corrected chi connectivity index (χ4v) is 4.78. The van der Waals surface area contributed by atoms with E-state index in [1.165, 1.54) is 55.2 Å². The van der Waals surface area contributed by atoms with E-state index in [2.05, 4.69) is 41.9 Å². The Bertz CT molecular complexity index is 559. The predicted molar refractivity (Wildman–Crippen MR) is 94.1 cm³/mol. The first kappa shape index (κ1) is 15.1. The standard InChI is InChI=1S/C19H27NS/c1-2-20-13-16-9-5-3-4-8-15(16)12-17-14-21-19-11-7-6-10-18(17)19/h6-7,10-11,14-16,20H,2-5,8-9,12-13H2,1H3. The summed E-state index contributed by atoms with van der Waals surface area (Å²) in [7, 11) is 0. The van der Waals surface area contributed by atoms with Gasteiger partial charge in [0.1, 0.15) is 0 Å². The highest BCUT2D eigenvalue weighted by molar-refractivity contribution is 7.17. The smallest absolute Gasteiger partial charge is 0.0345 e. The fraction of sp³-hybridized carbons (Fsp3) is 0.579.